The van der Waals surface area contributed by atoms with E-state index in [0.29, 0.717) is 0 Å². The molecular formula is C58H39N3O. The fraction of sp³-hybridized carbons (Fsp3) is 0.0345. The van der Waals surface area contributed by atoms with Gasteiger partial charge in [-0.15, -0.1) is 0 Å². The lowest BCUT2D eigenvalue weighted by molar-refractivity contribution is 0.546. The largest absolute Gasteiger partial charge is 0.460 e. The van der Waals surface area contributed by atoms with Gasteiger partial charge in [-0.1, -0.05) is 121 Å². The van der Waals surface area contributed by atoms with Crippen LogP contribution in [0, 0.1) is 0 Å². The van der Waals surface area contributed by atoms with Crippen LogP contribution in [-0.2, 0) is 6.42 Å². The maximum Gasteiger partial charge on any atom is 0.135 e. The van der Waals surface area contributed by atoms with E-state index in [2.05, 4.69) is 226 Å². The first-order chi connectivity index (χ1) is 30.7. The molecule has 3 aromatic heterocycles. The summed E-state index contributed by atoms with van der Waals surface area (Å²) in [5.41, 5.74) is 14.8. The molecule has 62 heavy (non-hydrogen) atoms. The SMILES string of the molecule is C1=Cc2c(oc3ccc(N(c4ccc(-c5ccc(-n6c7ccccc7c7c8ccccc8ccc76)cc5)cc4)c4ccc5c(c4)c4ccccc4n5-c4ccccc4)cc23)CC1. The van der Waals surface area contributed by atoms with Crippen molar-refractivity contribution in [2.24, 2.45) is 0 Å². The average molecular weight is 794 g/mol. The van der Waals surface area contributed by atoms with Crippen LogP contribution in [0.5, 0.6) is 0 Å². The number of rotatable bonds is 6. The third-order valence-corrected chi connectivity index (χ3v) is 12.9. The molecule has 0 bridgehead atoms. The fourth-order valence-corrected chi connectivity index (χ4v) is 10.1. The topological polar surface area (TPSA) is 26.2 Å². The van der Waals surface area contributed by atoms with Gasteiger partial charge in [0.15, 0.2) is 0 Å². The van der Waals surface area contributed by atoms with E-state index in [-0.39, 0.29) is 0 Å². The molecule has 13 rings (SSSR count). The normalized spacial score (nSPS) is 12.6. The van der Waals surface area contributed by atoms with E-state index < -0.39 is 0 Å². The molecule has 4 heteroatoms. The van der Waals surface area contributed by atoms with Gasteiger partial charge in [0, 0.05) is 67.4 Å². The van der Waals surface area contributed by atoms with Crippen LogP contribution >= 0.6 is 0 Å². The summed E-state index contributed by atoms with van der Waals surface area (Å²) in [6, 6.07) is 72.9. The summed E-state index contributed by atoms with van der Waals surface area (Å²) in [4.78, 5) is 2.39. The van der Waals surface area contributed by atoms with Gasteiger partial charge >= 0.3 is 0 Å². The van der Waals surface area contributed by atoms with Gasteiger partial charge in [-0.05, 0) is 119 Å². The van der Waals surface area contributed by atoms with Crippen LogP contribution in [0.25, 0.3) is 93.9 Å². The second-order valence-corrected chi connectivity index (χ2v) is 16.4. The molecule has 9 aromatic carbocycles. The van der Waals surface area contributed by atoms with Crippen LogP contribution in [0.1, 0.15) is 17.7 Å². The van der Waals surface area contributed by atoms with Crippen molar-refractivity contribution in [3.8, 4) is 22.5 Å². The average Bonchev–Trinajstić information content (AvgIpc) is 4.00. The third kappa shape index (κ3) is 5.33. The van der Waals surface area contributed by atoms with Crippen LogP contribution in [0.15, 0.2) is 211 Å². The van der Waals surface area contributed by atoms with Crippen LogP contribution in [0.4, 0.5) is 17.1 Å². The van der Waals surface area contributed by atoms with Gasteiger partial charge in [0.1, 0.15) is 11.3 Å². The lowest BCUT2D eigenvalue weighted by Gasteiger charge is -2.26. The zero-order valence-corrected chi connectivity index (χ0v) is 33.9. The van der Waals surface area contributed by atoms with E-state index in [0.717, 1.165) is 58.0 Å². The number of furan rings is 1. The second kappa shape index (κ2) is 13.7. The molecule has 0 saturated carbocycles. The van der Waals surface area contributed by atoms with E-state index in [1.807, 2.05) is 0 Å². The molecule has 0 atom stereocenters. The molecule has 1 aliphatic rings. The lowest BCUT2D eigenvalue weighted by Crippen LogP contribution is -2.10. The zero-order chi connectivity index (χ0) is 40.7. The van der Waals surface area contributed by atoms with Crippen LogP contribution in [0.2, 0.25) is 0 Å². The molecule has 0 spiro atoms. The minimum atomic E-state index is 0.930. The number of benzene rings is 9. The van der Waals surface area contributed by atoms with Crippen LogP contribution in [-0.4, -0.2) is 9.13 Å². The van der Waals surface area contributed by atoms with E-state index >= 15 is 0 Å². The molecule has 3 heterocycles. The molecule has 0 aliphatic heterocycles. The molecule has 292 valence electrons. The van der Waals surface area contributed by atoms with Gasteiger partial charge in [-0.2, -0.15) is 0 Å². The number of fused-ring (bicyclic) bond motifs is 11. The molecule has 0 N–H and O–H groups in total. The Morgan fingerprint density at radius 1 is 0.419 bits per heavy atom. The highest BCUT2D eigenvalue weighted by molar-refractivity contribution is 6.21. The Morgan fingerprint density at radius 3 is 1.81 bits per heavy atom. The highest BCUT2D eigenvalue weighted by Crippen LogP contribution is 2.43. The van der Waals surface area contributed by atoms with Crippen molar-refractivity contribution in [2.45, 2.75) is 12.8 Å². The summed E-state index contributed by atoms with van der Waals surface area (Å²) in [5, 5.41) is 8.70. The predicted octanol–water partition coefficient (Wildman–Crippen LogP) is 15.9. The van der Waals surface area contributed by atoms with Crippen molar-refractivity contribution in [1.29, 1.82) is 0 Å². The maximum absolute atomic E-state index is 6.37. The standard InChI is InChI=1S/C58H39N3O/c1-2-13-41(14-3-1)60-52-19-9-6-16-47(52)50-36-44(31-34-54(50)60)59(45-32-35-57-51(37-45)48-17-8-11-21-56(48)62-57)42-27-22-38(23-28-42)39-24-29-43(30-25-39)61-53-20-10-7-18-49(53)58-46-15-5-4-12-40(46)26-33-55(58)61/h1-10,12-20,22-37H,11,21H2. The summed E-state index contributed by atoms with van der Waals surface area (Å²) in [6.07, 6.45) is 6.43. The van der Waals surface area contributed by atoms with Gasteiger partial charge in [0.05, 0.1) is 22.1 Å². The van der Waals surface area contributed by atoms with Gasteiger partial charge < -0.3 is 18.5 Å². The Hall–Kier alpha value is -8.08. The summed E-state index contributed by atoms with van der Waals surface area (Å²) >= 11 is 0. The van der Waals surface area contributed by atoms with Crippen molar-refractivity contribution in [3.05, 3.63) is 218 Å². The highest BCUT2D eigenvalue weighted by atomic mass is 16.3. The summed E-state index contributed by atoms with van der Waals surface area (Å²) in [6.45, 7) is 0. The third-order valence-electron chi connectivity index (χ3n) is 12.9. The van der Waals surface area contributed by atoms with E-state index in [1.54, 1.807) is 0 Å². The van der Waals surface area contributed by atoms with Gasteiger partial charge in [-0.3, -0.25) is 0 Å². The van der Waals surface area contributed by atoms with Crippen molar-refractivity contribution in [3.63, 3.8) is 0 Å². The highest BCUT2D eigenvalue weighted by Gasteiger charge is 2.21. The molecular weight excluding hydrogens is 755 g/mol. The number of aryl methyl sites for hydroxylation is 1. The quantitative estimate of drug-likeness (QED) is 0.168. The Morgan fingerprint density at radius 2 is 1.00 bits per heavy atom. The maximum atomic E-state index is 6.37. The van der Waals surface area contributed by atoms with Crippen molar-refractivity contribution in [2.75, 3.05) is 4.90 Å². The molecule has 0 fully saturated rings. The van der Waals surface area contributed by atoms with Gasteiger partial charge in [-0.25, -0.2) is 0 Å². The second-order valence-electron chi connectivity index (χ2n) is 16.4. The molecule has 0 radical (unpaired) electrons. The number of hydrogen-bond donors (Lipinski definition) is 0. The minimum Gasteiger partial charge on any atom is -0.460 e. The van der Waals surface area contributed by atoms with Crippen LogP contribution in [0.3, 0.4) is 0 Å². The van der Waals surface area contributed by atoms with E-state index in [1.165, 1.54) is 71.1 Å². The summed E-state index contributed by atoms with van der Waals surface area (Å²) in [7, 11) is 0. The van der Waals surface area contributed by atoms with Gasteiger partial charge in [0.2, 0.25) is 0 Å². The number of hydrogen-bond acceptors (Lipinski definition) is 2. The molecule has 12 aromatic rings. The molecule has 1 aliphatic carbocycles. The fourth-order valence-electron chi connectivity index (χ4n) is 10.1. The Kier molecular flexibility index (Phi) is 7.70. The predicted molar refractivity (Wildman–Crippen MR) is 260 cm³/mol. The Labute approximate surface area is 358 Å². The lowest BCUT2D eigenvalue weighted by atomic mass is 10.0. The smallest absolute Gasteiger partial charge is 0.135 e. The number of allylic oxidation sites excluding steroid dienone is 1. The molecule has 0 saturated heterocycles. The monoisotopic (exact) mass is 793 g/mol. The van der Waals surface area contributed by atoms with Crippen LogP contribution < -0.4 is 4.90 Å². The van der Waals surface area contributed by atoms with Crippen molar-refractivity contribution >= 4 is 88.5 Å². The first-order valence-corrected chi connectivity index (χ1v) is 21.5. The summed E-state index contributed by atoms with van der Waals surface area (Å²) < 4.78 is 11.1. The van der Waals surface area contributed by atoms with E-state index in [4.69, 9.17) is 4.42 Å². The van der Waals surface area contributed by atoms with Gasteiger partial charge in [0.25, 0.3) is 0 Å². The minimum absolute atomic E-state index is 0.930. The molecule has 0 amide bonds. The number of para-hydroxylation sites is 3. The molecule has 0 unspecified atom stereocenters. The Balaban J connectivity index is 0.921. The first kappa shape index (κ1) is 34.8. The number of nitrogens with zero attached hydrogens (tertiary/aromatic N) is 3. The zero-order valence-electron chi connectivity index (χ0n) is 33.9. The van der Waals surface area contributed by atoms with Crippen molar-refractivity contribution in [1.82, 2.24) is 9.13 Å². The van der Waals surface area contributed by atoms with Crippen molar-refractivity contribution < 1.29 is 4.42 Å². The first-order valence-electron chi connectivity index (χ1n) is 21.5. The Bertz CT molecular complexity index is 3730. The molecule has 4 nitrogen and oxygen atoms in total. The number of anilines is 3. The van der Waals surface area contributed by atoms with E-state index in [9.17, 15) is 0 Å². The summed E-state index contributed by atoms with van der Waals surface area (Å²) in [5.74, 6) is 1.07. The number of aromatic nitrogens is 2.